The van der Waals surface area contributed by atoms with Crippen LogP contribution in [0.5, 0.6) is 0 Å². The second-order valence-corrected chi connectivity index (χ2v) is 7.40. The molecular weight excluding hydrogens is 328 g/mol. The molecule has 0 amide bonds. The number of aromatic nitrogens is 2. The quantitative estimate of drug-likeness (QED) is 0.272. The van der Waals surface area contributed by atoms with Gasteiger partial charge in [0, 0.05) is 0 Å². The van der Waals surface area contributed by atoms with Gasteiger partial charge < -0.3 is 0 Å². The number of fused-ring (bicyclic) bond motifs is 1. The van der Waals surface area contributed by atoms with Gasteiger partial charge in [-0.2, -0.15) is 0 Å². The topological polar surface area (TPSA) is 8.81 Å². The lowest BCUT2D eigenvalue weighted by atomic mass is 9.92. The maximum Gasteiger partial charge on any atom is 0.290 e. The van der Waals surface area contributed by atoms with Gasteiger partial charge in [-0.1, -0.05) is 60.7 Å². The molecule has 0 aliphatic carbocycles. The molecule has 0 spiro atoms. The van der Waals surface area contributed by atoms with Crippen LogP contribution >= 0.6 is 0 Å². The monoisotopic (exact) mass is 347 g/mol. The predicted octanol–water partition coefficient (Wildman–Crippen LogP) is 5.57. The molecule has 0 radical (unpaired) electrons. The Bertz CT molecular complexity index is 1430. The van der Waals surface area contributed by atoms with Crippen LogP contribution in [0.25, 0.3) is 54.7 Å². The summed E-state index contributed by atoms with van der Waals surface area (Å²) in [5.41, 5.74) is 3.78. The molecule has 128 valence electrons. The lowest BCUT2D eigenvalue weighted by Crippen LogP contribution is -2.30. The first-order valence-electron chi connectivity index (χ1n) is 9.34. The van der Waals surface area contributed by atoms with Crippen molar-refractivity contribution in [2.75, 3.05) is 0 Å². The summed E-state index contributed by atoms with van der Waals surface area (Å²) in [4.78, 5) is 0. The number of imidazole rings is 1. The van der Waals surface area contributed by atoms with Crippen molar-refractivity contribution in [3.63, 3.8) is 0 Å². The summed E-state index contributed by atoms with van der Waals surface area (Å²) in [5, 5.41) is 7.98. The highest BCUT2D eigenvalue weighted by Crippen LogP contribution is 2.38. The molecule has 2 heteroatoms. The number of hydrogen-bond acceptors (Lipinski definition) is 0. The van der Waals surface area contributed by atoms with E-state index in [2.05, 4.69) is 102 Å². The molecule has 5 aromatic carbocycles. The molecule has 0 unspecified atom stereocenters. The third-order valence-electron chi connectivity index (χ3n) is 6.01. The first kappa shape index (κ1) is 14.7. The fourth-order valence-electron chi connectivity index (χ4n) is 4.78. The third-order valence-corrected chi connectivity index (χ3v) is 6.01. The van der Waals surface area contributed by atoms with Crippen LogP contribution in [0.3, 0.4) is 0 Å². The molecule has 0 aliphatic heterocycles. The molecule has 2 nitrogen and oxygen atoms in total. The van der Waals surface area contributed by atoms with E-state index in [-0.39, 0.29) is 0 Å². The summed E-state index contributed by atoms with van der Waals surface area (Å²) in [6.45, 7) is 0. The Balaban J connectivity index is 1.82. The molecule has 1 heterocycles. The third kappa shape index (κ3) is 1.82. The summed E-state index contributed by atoms with van der Waals surface area (Å²) in [5.74, 6) is 1.23. The number of nitrogens with zero attached hydrogens (tertiary/aromatic N) is 2. The summed E-state index contributed by atoms with van der Waals surface area (Å²) in [7, 11) is 4.32. The molecule has 0 atom stereocenters. The van der Waals surface area contributed by atoms with Crippen LogP contribution in [-0.4, -0.2) is 4.57 Å². The van der Waals surface area contributed by atoms with Crippen molar-refractivity contribution in [1.82, 2.24) is 4.57 Å². The maximum absolute atomic E-state index is 2.31. The van der Waals surface area contributed by atoms with Gasteiger partial charge in [0.2, 0.25) is 0 Å². The largest absolute Gasteiger partial charge is 0.290 e. The Morgan fingerprint density at radius 3 is 2.11 bits per heavy atom. The number of hydrogen-bond donors (Lipinski definition) is 0. The van der Waals surface area contributed by atoms with Gasteiger partial charge in [-0.3, -0.25) is 0 Å². The van der Waals surface area contributed by atoms with Crippen molar-refractivity contribution >= 4 is 43.4 Å². The molecule has 1 aromatic heterocycles. The molecular formula is C25H19N2+. The summed E-state index contributed by atoms with van der Waals surface area (Å²) in [6.07, 6.45) is 0. The fraction of sp³-hybridized carbons (Fsp3) is 0.0800. The van der Waals surface area contributed by atoms with Crippen molar-refractivity contribution in [3.8, 4) is 11.4 Å². The van der Waals surface area contributed by atoms with E-state index in [0.717, 1.165) is 0 Å². The standard InChI is InChI=1S/C25H19N2/c1-26-21-8-3-4-9-22(21)27(2)25(26)20-15-13-18-11-10-16-6-5-7-17-12-14-19(20)24(18)23(16)17/h3-15H,1-2H3/q+1. The summed E-state index contributed by atoms with van der Waals surface area (Å²) < 4.78 is 4.61. The Morgan fingerprint density at radius 2 is 1.33 bits per heavy atom. The van der Waals surface area contributed by atoms with Crippen LogP contribution in [-0.2, 0) is 14.1 Å². The highest BCUT2D eigenvalue weighted by atomic mass is 15.1. The minimum absolute atomic E-state index is 1.23. The highest BCUT2D eigenvalue weighted by Gasteiger charge is 2.24. The van der Waals surface area contributed by atoms with Crippen LogP contribution < -0.4 is 4.57 Å². The zero-order valence-corrected chi connectivity index (χ0v) is 15.4. The minimum atomic E-state index is 1.23. The Hall–Kier alpha value is -3.39. The van der Waals surface area contributed by atoms with E-state index in [1.54, 1.807) is 0 Å². The van der Waals surface area contributed by atoms with Crippen molar-refractivity contribution in [2.24, 2.45) is 14.1 Å². The first-order chi connectivity index (χ1) is 13.2. The average molecular weight is 347 g/mol. The molecule has 0 fully saturated rings. The Labute approximate surface area is 157 Å². The molecule has 0 aliphatic rings. The van der Waals surface area contributed by atoms with E-state index < -0.39 is 0 Å². The minimum Gasteiger partial charge on any atom is -0.226 e. The van der Waals surface area contributed by atoms with Crippen LogP contribution in [0.15, 0.2) is 78.9 Å². The zero-order valence-electron chi connectivity index (χ0n) is 15.4. The smallest absolute Gasteiger partial charge is 0.226 e. The summed E-state index contributed by atoms with van der Waals surface area (Å²) >= 11 is 0. The van der Waals surface area contributed by atoms with E-state index in [4.69, 9.17) is 0 Å². The van der Waals surface area contributed by atoms with Gasteiger partial charge in [0.1, 0.15) is 0 Å². The molecule has 0 saturated carbocycles. The number of para-hydroxylation sites is 2. The Morgan fingerprint density at radius 1 is 0.667 bits per heavy atom. The fourth-order valence-corrected chi connectivity index (χ4v) is 4.78. The SMILES string of the molecule is Cn1c(-c2ccc3ccc4cccc5ccc2c3c45)[n+](C)c2ccccc21. The lowest BCUT2D eigenvalue weighted by Gasteiger charge is -2.12. The second-order valence-electron chi connectivity index (χ2n) is 7.40. The van der Waals surface area contributed by atoms with Gasteiger partial charge in [-0.15, -0.1) is 0 Å². The van der Waals surface area contributed by atoms with Crippen LogP contribution in [0.2, 0.25) is 0 Å². The van der Waals surface area contributed by atoms with Crippen molar-refractivity contribution in [2.45, 2.75) is 0 Å². The summed E-state index contributed by atoms with van der Waals surface area (Å²) in [6, 6.07) is 28.7. The normalized spacial score (nSPS) is 12.1. The van der Waals surface area contributed by atoms with E-state index in [1.165, 1.54) is 54.7 Å². The second kappa shape index (κ2) is 5.08. The molecule has 0 bridgehead atoms. The van der Waals surface area contributed by atoms with Crippen molar-refractivity contribution < 1.29 is 4.57 Å². The van der Waals surface area contributed by atoms with Crippen molar-refractivity contribution in [1.29, 1.82) is 0 Å². The van der Waals surface area contributed by atoms with Gasteiger partial charge in [0.05, 0.1) is 19.7 Å². The van der Waals surface area contributed by atoms with E-state index in [9.17, 15) is 0 Å². The van der Waals surface area contributed by atoms with E-state index in [1.807, 2.05) is 0 Å². The molecule has 27 heavy (non-hydrogen) atoms. The Kier molecular flexibility index (Phi) is 2.77. The molecule has 6 rings (SSSR count). The number of aryl methyl sites for hydroxylation is 2. The van der Waals surface area contributed by atoms with Gasteiger partial charge in [0.25, 0.3) is 5.82 Å². The molecule has 0 saturated heterocycles. The van der Waals surface area contributed by atoms with Gasteiger partial charge in [-0.05, 0) is 50.5 Å². The van der Waals surface area contributed by atoms with Crippen LogP contribution in [0.4, 0.5) is 0 Å². The van der Waals surface area contributed by atoms with Gasteiger partial charge >= 0.3 is 0 Å². The molecule has 6 aromatic rings. The lowest BCUT2D eigenvalue weighted by molar-refractivity contribution is -0.634. The maximum atomic E-state index is 2.31. The van der Waals surface area contributed by atoms with Crippen molar-refractivity contribution in [3.05, 3.63) is 78.9 Å². The first-order valence-corrected chi connectivity index (χ1v) is 9.34. The number of benzene rings is 5. The van der Waals surface area contributed by atoms with Crippen LogP contribution in [0.1, 0.15) is 0 Å². The highest BCUT2D eigenvalue weighted by molar-refractivity contribution is 6.25. The van der Waals surface area contributed by atoms with E-state index >= 15 is 0 Å². The van der Waals surface area contributed by atoms with Crippen LogP contribution in [0, 0.1) is 0 Å². The number of rotatable bonds is 1. The van der Waals surface area contributed by atoms with Gasteiger partial charge in [-0.25, -0.2) is 9.13 Å². The van der Waals surface area contributed by atoms with E-state index in [0.29, 0.717) is 0 Å². The predicted molar refractivity (Wildman–Crippen MR) is 113 cm³/mol. The average Bonchev–Trinajstić information content (AvgIpc) is 2.97. The molecule has 0 N–H and O–H groups in total. The zero-order chi connectivity index (χ0) is 18.1. The van der Waals surface area contributed by atoms with Gasteiger partial charge in [0.15, 0.2) is 11.0 Å².